The molecule has 0 atom stereocenters. The van der Waals surface area contributed by atoms with Crippen LogP contribution in [-0.4, -0.2) is 0 Å². The zero-order valence-corrected chi connectivity index (χ0v) is 5.31. The first-order chi connectivity index (χ1) is 3.97. The van der Waals surface area contributed by atoms with Crippen LogP contribution >= 0.6 is 0 Å². The van der Waals surface area contributed by atoms with E-state index in [1.165, 1.54) is 11.1 Å². The standard InChI is InChI=1S/C6H4.C2H6/c1-2-5-4-6(5)3-1;1-2/h1-4H;1-2H3. The van der Waals surface area contributed by atoms with E-state index in [0.717, 1.165) is 0 Å². The van der Waals surface area contributed by atoms with Crippen LogP contribution in [0.15, 0.2) is 24.3 Å². The van der Waals surface area contributed by atoms with E-state index in [1.54, 1.807) is 0 Å². The van der Waals surface area contributed by atoms with Gasteiger partial charge in [-0.15, -0.1) is 0 Å². The molecular formula is C8H10. The van der Waals surface area contributed by atoms with Crippen LogP contribution in [0, 0.1) is 0 Å². The van der Waals surface area contributed by atoms with Crippen molar-refractivity contribution in [3.8, 4) is 11.1 Å². The van der Waals surface area contributed by atoms with Gasteiger partial charge in [0.2, 0.25) is 0 Å². The van der Waals surface area contributed by atoms with Gasteiger partial charge in [0, 0.05) is 0 Å². The Morgan fingerprint density at radius 1 is 1.00 bits per heavy atom. The van der Waals surface area contributed by atoms with Gasteiger partial charge in [-0.1, -0.05) is 32.0 Å². The quantitative estimate of drug-likeness (QED) is 0.484. The van der Waals surface area contributed by atoms with Gasteiger partial charge >= 0.3 is 0 Å². The summed E-state index contributed by atoms with van der Waals surface area (Å²) in [4.78, 5) is 0. The molecule has 2 aliphatic carbocycles. The molecule has 0 aromatic rings. The molecule has 0 unspecified atom stereocenters. The van der Waals surface area contributed by atoms with Gasteiger partial charge in [-0.05, 0) is 17.2 Å². The summed E-state index contributed by atoms with van der Waals surface area (Å²) in [6.45, 7) is 4.00. The summed E-state index contributed by atoms with van der Waals surface area (Å²) in [6.07, 6.45) is 0. The van der Waals surface area contributed by atoms with E-state index < -0.39 is 0 Å². The fourth-order valence-electron chi connectivity index (χ4n) is 0.676. The third-order valence-corrected chi connectivity index (χ3v) is 1.11. The van der Waals surface area contributed by atoms with E-state index in [9.17, 15) is 0 Å². The van der Waals surface area contributed by atoms with Crippen molar-refractivity contribution in [2.45, 2.75) is 13.8 Å². The third kappa shape index (κ3) is 0.738. The lowest BCUT2D eigenvalue weighted by Gasteiger charge is -1.48. The van der Waals surface area contributed by atoms with E-state index in [2.05, 4.69) is 24.3 Å². The molecule has 8 heavy (non-hydrogen) atoms. The normalized spacial score (nSPS) is 9.25. The van der Waals surface area contributed by atoms with Gasteiger partial charge in [0.15, 0.2) is 0 Å². The van der Waals surface area contributed by atoms with Crippen molar-refractivity contribution in [2.24, 2.45) is 0 Å². The van der Waals surface area contributed by atoms with E-state index in [1.807, 2.05) is 13.8 Å². The van der Waals surface area contributed by atoms with Gasteiger partial charge in [0.25, 0.3) is 0 Å². The highest BCUT2D eigenvalue weighted by atomic mass is 14.1. The van der Waals surface area contributed by atoms with Gasteiger partial charge in [0.05, 0.1) is 0 Å². The summed E-state index contributed by atoms with van der Waals surface area (Å²) in [5.41, 5.74) is 2.85. The molecule has 0 radical (unpaired) electrons. The molecule has 0 amide bonds. The third-order valence-electron chi connectivity index (χ3n) is 1.11. The molecule has 0 aromatic heterocycles. The van der Waals surface area contributed by atoms with Crippen LogP contribution in [0.4, 0.5) is 0 Å². The summed E-state index contributed by atoms with van der Waals surface area (Å²) >= 11 is 0. The summed E-state index contributed by atoms with van der Waals surface area (Å²) in [5.74, 6) is 0. The molecule has 0 N–H and O–H groups in total. The van der Waals surface area contributed by atoms with Gasteiger partial charge < -0.3 is 0 Å². The van der Waals surface area contributed by atoms with Crippen molar-refractivity contribution in [1.29, 1.82) is 0 Å². The van der Waals surface area contributed by atoms with Crippen molar-refractivity contribution in [2.75, 3.05) is 0 Å². The minimum Gasteiger partial charge on any atom is -0.0683 e. The zero-order chi connectivity index (χ0) is 5.98. The maximum atomic E-state index is 2.17. The highest BCUT2D eigenvalue weighted by molar-refractivity contribution is 5.80. The van der Waals surface area contributed by atoms with E-state index in [-0.39, 0.29) is 0 Å². The summed E-state index contributed by atoms with van der Waals surface area (Å²) in [6, 6.07) is 8.48. The van der Waals surface area contributed by atoms with Crippen LogP contribution in [-0.2, 0) is 0 Å². The van der Waals surface area contributed by atoms with E-state index in [4.69, 9.17) is 0 Å². The smallest absolute Gasteiger partial charge is 0.0178 e. The molecule has 0 bridgehead atoms. The first kappa shape index (κ1) is 5.36. The Kier molecular flexibility index (Phi) is 1.34. The molecule has 0 saturated heterocycles. The Bertz CT molecular complexity index is 160. The van der Waals surface area contributed by atoms with E-state index >= 15 is 0 Å². The molecule has 0 nitrogen and oxygen atoms in total. The highest BCUT2D eigenvalue weighted by Crippen LogP contribution is 2.32. The predicted molar refractivity (Wildman–Crippen MR) is 36.8 cm³/mol. The van der Waals surface area contributed by atoms with Crippen LogP contribution in [0.2, 0.25) is 0 Å². The molecule has 0 fully saturated rings. The largest absolute Gasteiger partial charge is 0.0683 e. The average molecular weight is 106 g/mol. The van der Waals surface area contributed by atoms with Crippen molar-refractivity contribution in [3.63, 3.8) is 0 Å². The van der Waals surface area contributed by atoms with Crippen molar-refractivity contribution in [3.05, 3.63) is 24.3 Å². The van der Waals surface area contributed by atoms with Crippen LogP contribution in [0.5, 0.6) is 0 Å². The maximum absolute atomic E-state index is 2.17. The molecule has 0 heterocycles. The zero-order valence-electron chi connectivity index (χ0n) is 5.31. The molecule has 42 valence electrons. The van der Waals surface area contributed by atoms with Crippen LogP contribution in [0.3, 0.4) is 0 Å². The predicted octanol–water partition coefficient (Wildman–Crippen LogP) is 2.69. The molecular weight excluding hydrogens is 96.1 g/mol. The monoisotopic (exact) mass is 106 g/mol. The van der Waals surface area contributed by atoms with Crippen molar-refractivity contribution < 1.29 is 0 Å². The number of hydrogen-bond donors (Lipinski definition) is 0. The lowest BCUT2D eigenvalue weighted by Crippen LogP contribution is -1.23. The second-order valence-electron chi connectivity index (χ2n) is 1.58. The lowest BCUT2D eigenvalue weighted by atomic mass is 10.6. The summed E-state index contributed by atoms with van der Waals surface area (Å²) in [7, 11) is 0. The first-order valence-electron chi connectivity index (χ1n) is 3.07. The Morgan fingerprint density at radius 2 is 1.50 bits per heavy atom. The number of hydrogen-bond acceptors (Lipinski definition) is 0. The van der Waals surface area contributed by atoms with Crippen LogP contribution in [0.25, 0.3) is 11.1 Å². The van der Waals surface area contributed by atoms with Gasteiger partial charge in [-0.3, -0.25) is 0 Å². The molecule has 2 aliphatic rings. The maximum Gasteiger partial charge on any atom is -0.0178 e. The lowest BCUT2D eigenvalue weighted by molar-refractivity contribution is 1.50. The number of benzene rings is 1. The fourth-order valence-corrected chi connectivity index (χ4v) is 0.676. The van der Waals surface area contributed by atoms with Crippen LogP contribution in [0.1, 0.15) is 13.8 Å². The Hall–Kier alpha value is -0.780. The fraction of sp³-hybridized carbons (Fsp3) is 0.250. The average Bonchev–Trinajstić information content (AvgIpc) is 2.46. The SMILES string of the molecule is CC.c1cc2cc-2c1. The molecule has 0 aromatic carbocycles. The number of rotatable bonds is 0. The molecule has 0 saturated carbocycles. The first-order valence-corrected chi connectivity index (χ1v) is 3.07. The van der Waals surface area contributed by atoms with Gasteiger partial charge in [-0.25, -0.2) is 0 Å². The highest BCUT2D eigenvalue weighted by Gasteiger charge is 2.06. The second kappa shape index (κ2) is 1.99. The molecule has 0 aliphatic heterocycles. The van der Waals surface area contributed by atoms with Crippen LogP contribution < -0.4 is 0 Å². The second-order valence-corrected chi connectivity index (χ2v) is 1.58. The molecule has 2 rings (SSSR count). The Balaban J connectivity index is 0.000000147. The molecule has 0 heteroatoms. The summed E-state index contributed by atoms with van der Waals surface area (Å²) in [5, 5.41) is 0. The Morgan fingerprint density at radius 3 is 1.62 bits per heavy atom. The summed E-state index contributed by atoms with van der Waals surface area (Å²) < 4.78 is 0. The van der Waals surface area contributed by atoms with E-state index in [0.29, 0.717) is 0 Å². The van der Waals surface area contributed by atoms with Crippen molar-refractivity contribution in [1.82, 2.24) is 0 Å². The molecule has 0 spiro atoms. The number of fused-ring (bicyclic) bond motifs is 1. The topological polar surface area (TPSA) is 0 Å². The van der Waals surface area contributed by atoms with Gasteiger partial charge in [0.1, 0.15) is 0 Å². The minimum atomic E-state index is 1.43. The Labute approximate surface area is 50.2 Å². The minimum absolute atomic E-state index is 1.43. The van der Waals surface area contributed by atoms with Gasteiger partial charge in [-0.2, -0.15) is 0 Å². The van der Waals surface area contributed by atoms with Crippen molar-refractivity contribution >= 4 is 0 Å².